The first-order chi connectivity index (χ1) is 10.6. The predicted octanol–water partition coefficient (Wildman–Crippen LogP) is 5.30. The van der Waals surface area contributed by atoms with Crippen LogP contribution in [0.2, 0.25) is 0 Å². The van der Waals surface area contributed by atoms with Gasteiger partial charge in [0.1, 0.15) is 0 Å². The summed E-state index contributed by atoms with van der Waals surface area (Å²) >= 11 is 0. The zero-order chi connectivity index (χ0) is 15.7. The highest BCUT2D eigenvalue weighted by atomic mass is 14.7. The van der Waals surface area contributed by atoms with Gasteiger partial charge in [-0.15, -0.1) is 0 Å². The third-order valence-corrected chi connectivity index (χ3v) is 4.27. The molecule has 110 valence electrons. The maximum atomic E-state index is 4.76. The molecule has 1 aliphatic carbocycles. The van der Waals surface area contributed by atoms with E-state index in [-0.39, 0.29) is 0 Å². The molecule has 0 aliphatic heterocycles. The maximum absolute atomic E-state index is 4.76. The molecule has 2 aromatic carbocycles. The molecule has 0 amide bonds. The van der Waals surface area contributed by atoms with Gasteiger partial charge in [-0.05, 0) is 54.2 Å². The number of benzene rings is 2. The van der Waals surface area contributed by atoms with E-state index >= 15 is 0 Å². The fourth-order valence-corrected chi connectivity index (χ4v) is 3.21. The molecular formula is C21H21N. The van der Waals surface area contributed by atoms with Crippen LogP contribution in [0, 0.1) is 6.92 Å². The summed E-state index contributed by atoms with van der Waals surface area (Å²) in [5, 5.41) is 0. The summed E-state index contributed by atoms with van der Waals surface area (Å²) in [7, 11) is 0. The Hall–Kier alpha value is -2.41. The fourth-order valence-electron chi connectivity index (χ4n) is 3.21. The van der Waals surface area contributed by atoms with Crippen molar-refractivity contribution >= 4 is 16.9 Å². The van der Waals surface area contributed by atoms with Crippen LogP contribution >= 0.6 is 0 Å². The van der Waals surface area contributed by atoms with Gasteiger partial charge in [0.2, 0.25) is 0 Å². The lowest BCUT2D eigenvalue weighted by molar-refractivity contribution is 1.12. The van der Waals surface area contributed by atoms with Crippen molar-refractivity contribution < 1.29 is 0 Å². The van der Waals surface area contributed by atoms with E-state index in [1.54, 1.807) is 0 Å². The Bertz CT molecular complexity index is 806. The fraction of sp³-hybridized carbons (Fsp3) is 0.190. The van der Waals surface area contributed by atoms with Gasteiger partial charge in [0, 0.05) is 12.1 Å². The maximum Gasteiger partial charge on any atom is 0.0688 e. The molecule has 22 heavy (non-hydrogen) atoms. The Labute approximate surface area is 132 Å². The van der Waals surface area contributed by atoms with Gasteiger partial charge in [-0.1, -0.05) is 55.1 Å². The third-order valence-electron chi connectivity index (χ3n) is 4.27. The van der Waals surface area contributed by atoms with Crippen LogP contribution in [-0.2, 0) is 0 Å². The van der Waals surface area contributed by atoms with Crippen LogP contribution in [0.4, 0.5) is 0 Å². The minimum absolute atomic E-state index is 0.786. The topological polar surface area (TPSA) is 12.4 Å². The number of aryl methyl sites for hydroxylation is 1. The van der Waals surface area contributed by atoms with Crippen LogP contribution in [0.15, 0.2) is 65.7 Å². The van der Waals surface area contributed by atoms with Gasteiger partial charge in [0.15, 0.2) is 0 Å². The molecule has 0 fully saturated rings. The number of allylic oxidation sites excluding steroid dienone is 3. The second-order valence-corrected chi connectivity index (χ2v) is 5.66. The van der Waals surface area contributed by atoms with E-state index < -0.39 is 0 Å². The lowest BCUT2D eigenvalue weighted by atomic mass is 9.78. The number of nitrogens with zero attached hydrogens (tertiary/aromatic N) is 1. The SMILES string of the molecule is C=C1C(c2ccccc2C)=C(C)/C(=N\CC)c2ccccc21. The molecular weight excluding hydrogens is 266 g/mol. The van der Waals surface area contributed by atoms with Crippen LogP contribution in [0.1, 0.15) is 36.1 Å². The van der Waals surface area contributed by atoms with Crippen LogP contribution < -0.4 is 0 Å². The molecule has 0 saturated heterocycles. The minimum atomic E-state index is 0.786. The van der Waals surface area contributed by atoms with E-state index in [1.807, 2.05) is 0 Å². The normalized spacial score (nSPS) is 16.1. The van der Waals surface area contributed by atoms with E-state index in [9.17, 15) is 0 Å². The number of aliphatic imine (C=N–C) groups is 1. The number of hydrogen-bond donors (Lipinski definition) is 0. The Morgan fingerprint density at radius 3 is 2.09 bits per heavy atom. The summed E-state index contributed by atoms with van der Waals surface area (Å²) < 4.78 is 0. The summed E-state index contributed by atoms with van der Waals surface area (Å²) in [4.78, 5) is 4.76. The predicted molar refractivity (Wildman–Crippen MR) is 96.3 cm³/mol. The smallest absolute Gasteiger partial charge is 0.0688 e. The van der Waals surface area contributed by atoms with E-state index in [0.29, 0.717) is 0 Å². The lowest BCUT2D eigenvalue weighted by Gasteiger charge is -2.26. The summed E-state index contributed by atoms with van der Waals surface area (Å²) in [6, 6.07) is 16.9. The standard InChI is InChI=1S/C21H21N/c1-5-22-21-16(4)20(17-11-7-6-10-14(17)2)15(3)18-12-8-9-13-19(18)21/h6-13H,3,5H2,1-2,4H3/b22-21+. The highest BCUT2D eigenvalue weighted by Gasteiger charge is 2.25. The highest BCUT2D eigenvalue weighted by molar-refractivity contribution is 6.28. The summed E-state index contributed by atoms with van der Waals surface area (Å²) in [6.45, 7) is 11.6. The number of fused-ring (bicyclic) bond motifs is 1. The van der Waals surface area contributed by atoms with Crippen molar-refractivity contribution in [2.45, 2.75) is 20.8 Å². The average Bonchev–Trinajstić information content (AvgIpc) is 2.53. The van der Waals surface area contributed by atoms with Crippen molar-refractivity contribution in [1.29, 1.82) is 0 Å². The van der Waals surface area contributed by atoms with Crippen molar-refractivity contribution in [3.05, 3.63) is 82.9 Å². The van der Waals surface area contributed by atoms with E-state index in [1.165, 1.54) is 33.4 Å². The van der Waals surface area contributed by atoms with Crippen LogP contribution in [0.25, 0.3) is 11.1 Å². The van der Waals surface area contributed by atoms with Gasteiger partial charge in [-0.2, -0.15) is 0 Å². The van der Waals surface area contributed by atoms with Crippen molar-refractivity contribution in [1.82, 2.24) is 0 Å². The van der Waals surface area contributed by atoms with Crippen molar-refractivity contribution in [3.63, 3.8) is 0 Å². The van der Waals surface area contributed by atoms with Gasteiger partial charge in [-0.3, -0.25) is 4.99 Å². The molecule has 3 rings (SSSR count). The molecule has 1 nitrogen and oxygen atoms in total. The zero-order valence-electron chi connectivity index (χ0n) is 13.5. The van der Waals surface area contributed by atoms with Crippen LogP contribution in [0.3, 0.4) is 0 Å². The van der Waals surface area contributed by atoms with Gasteiger partial charge in [0.05, 0.1) is 5.71 Å². The van der Waals surface area contributed by atoms with E-state index in [2.05, 4.69) is 75.9 Å². The molecule has 1 heteroatoms. The molecule has 0 unspecified atom stereocenters. The molecule has 2 aromatic rings. The Balaban J connectivity index is 2.31. The number of rotatable bonds is 2. The van der Waals surface area contributed by atoms with Crippen molar-refractivity contribution in [2.24, 2.45) is 4.99 Å². The van der Waals surface area contributed by atoms with Crippen LogP contribution in [-0.4, -0.2) is 12.3 Å². The van der Waals surface area contributed by atoms with Gasteiger partial charge >= 0.3 is 0 Å². The second-order valence-electron chi connectivity index (χ2n) is 5.66. The molecule has 0 bridgehead atoms. The van der Waals surface area contributed by atoms with Crippen LogP contribution in [0.5, 0.6) is 0 Å². The van der Waals surface area contributed by atoms with E-state index in [0.717, 1.165) is 17.8 Å². The zero-order valence-corrected chi connectivity index (χ0v) is 13.5. The molecule has 0 heterocycles. The van der Waals surface area contributed by atoms with Crippen molar-refractivity contribution in [3.8, 4) is 0 Å². The Morgan fingerprint density at radius 1 is 0.864 bits per heavy atom. The molecule has 0 saturated carbocycles. The molecule has 0 N–H and O–H groups in total. The summed E-state index contributed by atoms with van der Waals surface area (Å²) in [6.07, 6.45) is 0. The third kappa shape index (κ3) is 2.23. The van der Waals surface area contributed by atoms with Gasteiger partial charge in [-0.25, -0.2) is 0 Å². The molecule has 1 aliphatic rings. The first-order valence-corrected chi connectivity index (χ1v) is 7.76. The quantitative estimate of drug-likeness (QED) is 0.710. The number of hydrogen-bond acceptors (Lipinski definition) is 1. The largest absolute Gasteiger partial charge is 0.285 e. The summed E-state index contributed by atoms with van der Waals surface area (Å²) in [5.74, 6) is 0. The molecule has 0 aromatic heterocycles. The molecule has 0 radical (unpaired) electrons. The summed E-state index contributed by atoms with van der Waals surface area (Å²) in [5.41, 5.74) is 9.56. The molecule has 0 spiro atoms. The second kappa shape index (κ2) is 5.76. The van der Waals surface area contributed by atoms with Crippen molar-refractivity contribution in [2.75, 3.05) is 6.54 Å². The minimum Gasteiger partial charge on any atom is -0.285 e. The van der Waals surface area contributed by atoms with E-state index in [4.69, 9.17) is 4.99 Å². The van der Waals surface area contributed by atoms with Gasteiger partial charge < -0.3 is 0 Å². The lowest BCUT2D eigenvalue weighted by Crippen LogP contribution is -2.15. The monoisotopic (exact) mass is 287 g/mol. The first-order valence-electron chi connectivity index (χ1n) is 7.76. The highest BCUT2D eigenvalue weighted by Crippen LogP contribution is 2.41. The van der Waals surface area contributed by atoms with Gasteiger partial charge in [0.25, 0.3) is 0 Å². The first kappa shape index (κ1) is 14.5. The average molecular weight is 287 g/mol. The molecule has 0 atom stereocenters. The Kier molecular flexibility index (Phi) is 3.81. The Morgan fingerprint density at radius 2 is 1.45 bits per heavy atom.